The normalized spacial score (nSPS) is 23.6. The van der Waals surface area contributed by atoms with E-state index in [2.05, 4.69) is 35.9 Å². The van der Waals surface area contributed by atoms with Crippen LogP contribution < -0.4 is 0 Å². The molecule has 8 nitrogen and oxygen atoms in total. The molecule has 28 heavy (non-hydrogen) atoms. The van der Waals surface area contributed by atoms with Crippen LogP contribution in [0.3, 0.4) is 0 Å². The van der Waals surface area contributed by atoms with Gasteiger partial charge in [0.1, 0.15) is 5.82 Å². The number of hydrogen-bond donors (Lipinski definition) is 1. The highest BCUT2D eigenvalue weighted by atomic mass is 79.9. The molecule has 0 spiro atoms. The number of nitrogens with zero attached hydrogens (tertiary/aromatic N) is 5. The van der Waals surface area contributed by atoms with E-state index in [0.717, 1.165) is 21.4 Å². The second-order valence-electron chi connectivity index (χ2n) is 6.90. The van der Waals surface area contributed by atoms with Gasteiger partial charge in [-0.1, -0.05) is 22.0 Å². The Balaban J connectivity index is 1.84. The molecule has 0 aliphatic carbocycles. The molecule has 2 atom stereocenters. The molecule has 3 aromatic rings. The Morgan fingerprint density at radius 3 is 2.96 bits per heavy atom. The summed E-state index contributed by atoms with van der Waals surface area (Å²) in [6, 6.07) is 11.5. The van der Waals surface area contributed by atoms with Crippen LogP contribution in [0.4, 0.5) is 0 Å². The SMILES string of the molecule is CC1CN2Cc3nc(C(=O)O)nn3-c3ccc(Br)cc3C2(c2ccccn2)O1. The average molecular weight is 442 g/mol. The van der Waals surface area contributed by atoms with Crippen LogP contribution in [0.5, 0.6) is 0 Å². The number of carboxylic acid groups (broad SMARTS) is 1. The van der Waals surface area contributed by atoms with Gasteiger partial charge in [-0.3, -0.25) is 9.88 Å². The van der Waals surface area contributed by atoms with Crippen molar-refractivity contribution in [2.45, 2.75) is 25.3 Å². The molecule has 2 unspecified atom stereocenters. The highest BCUT2D eigenvalue weighted by Gasteiger charge is 2.53. The molecule has 0 amide bonds. The minimum absolute atomic E-state index is 0.0396. The number of fused-ring (bicyclic) bond motifs is 5. The minimum Gasteiger partial charge on any atom is -0.475 e. The summed E-state index contributed by atoms with van der Waals surface area (Å²) in [5, 5.41) is 13.6. The highest BCUT2D eigenvalue weighted by molar-refractivity contribution is 9.10. The van der Waals surface area contributed by atoms with Gasteiger partial charge in [-0.05, 0) is 37.3 Å². The Bertz CT molecular complexity index is 1090. The topological polar surface area (TPSA) is 93.4 Å². The number of carbonyl (C=O) groups is 1. The summed E-state index contributed by atoms with van der Waals surface area (Å²) in [5.41, 5.74) is 1.42. The standard InChI is InChI=1S/C19H16BrN5O3/c1-11-9-24-10-16-22-17(18(26)27)23-25(16)14-6-5-12(20)8-13(14)19(24,28-11)15-4-2-3-7-21-15/h2-8,11H,9-10H2,1H3,(H,26,27). The van der Waals surface area contributed by atoms with Gasteiger partial charge in [0.25, 0.3) is 5.82 Å². The quantitative estimate of drug-likeness (QED) is 0.652. The number of pyridine rings is 1. The molecule has 2 aliphatic rings. The molecule has 0 bridgehead atoms. The number of aromatic nitrogens is 4. The smallest absolute Gasteiger partial charge is 0.375 e. The van der Waals surface area contributed by atoms with Crippen LogP contribution in [-0.4, -0.2) is 48.4 Å². The minimum atomic E-state index is -1.15. The third-order valence-corrected chi connectivity index (χ3v) is 5.55. The number of aromatic carboxylic acids is 1. The maximum absolute atomic E-state index is 11.4. The second-order valence-corrected chi connectivity index (χ2v) is 7.81. The maximum Gasteiger partial charge on any atom is 0.375 e. The molecule has 1 N–H and O–H groups in total. The Labute approximate surface area is 168 Å². The van der Waals surface area contributed by atoms with Gasteiger partial charge in [0.2, 0.25) is 0 Å². The third-order valence-electron chi connectivity index (χ3n) is 5.06. The molecule has 1 fully saturated rings. The van der Waals surface area contributed by atoms with Crippen molar-refractivity contribution >= 4 is 21.9 Å². The van der Waals surface area contributed by atoms with E-state index >= 15 is 0 Å². The highest BCUT2D eigenvalue weighted by Crippen LogP contribution is 2.47. The van der Waals surface area contributed by atoms with Crippen LogP contribution in [0.2, 0.25) is 0 Å². The van der Waals surface area contributed by atoms with E-state index in [-0.39, 0.29) is 11.9 Å². The molecule has 0 radical (unpaired) electrons. The number of ether oxygens (including phenoxy) is 1. The molecule has 4 heterocycles. The second kappa shape index (κ2) is 6.20. The van der Waals surface area contributed by atoms with Gasteiger partial charge in [-0.2, -0.15) is 0 Å². The number of carboxylic acids is 1. The lowest BCUT2D eigenvalue weighted by Gasteiger charge is -2.36. The van der Waals surface area contributed by atoms with Gasteiger partial charge in [0, 0.05) is 22.8 Å². The first-order valence-electron chi connectivity index (χ1n) is 8.83. The van der Waals surface area contributed by atoms with E-state index in [1.807, 2.05) is 43.3 Å². The fourth-order valence-corrected chi connectivity index (χ4v) is 4.40. The first kappa shape index (κ1) is 17.5. The third kappa shape index (κ3) is 2.43. The van der Waals surface area contributed by atoms with Gasteiger partial charge in [-0.15, -0.1) is 5.10 Å². The zero-order valence-electron chi connectivity index (χ0n) is 14.9. The van der Waals surface area contributed by atoms with Crippen LogP contribution in [0, 0.1) is 0 Å². The van der Waals surface area contributed by atoms with Gasteiger partial charge in [-0.25, -0.2) is 14.5 Å². The average Bonchev–Trinajstić information content (AvgIpc) is 3.22. The van der Waals surface area contributed by atoms with Crippen molar-refractivity contribution in [1.82, 2.24) is 24.6 Å². The van der Waals surface area contributed by atoms with Crippen molar-refractivity contribution in [3.8, 4) is 5.69 Å². The first-order valence-corrected chi connectivity index (χ1v) is 9.62. The largest absolute Gasteiger partial charge is 0.475 e. The van der Waals surface area contributed by atoms with Crippen LogP contribution in [0.1, 0.15) is 34.6 Å². The summed E-state index contributed by atoms with van der Waals surface area (Å²) >= 11 is 3.56. The van der Waals surface area contributed by atoms with Crippen molar-refractivity contribution in [3.05, 3.63) is 70.0 Å². The van der Waals surface area contributed by atoms with E-state index in [0.29, 0.717) is 18.9 Å². The first-order chi connectivity index (χ1) is 13.5. The molecule has 5 rings (SSSR count). The lowest BCUT2D eigenvalue weighted by Crippen LogP contribution is -2.43. The maximum atomic E-state index is 11.4. The summed E-state index contributed by atoms with van der Waals surface area (Å²) < 4.78 is 9.02. The summed E-state index contributed by atoms with van der Waals surface area (Å²) in [7, 11) is 0. The predicted molar refractivity (Wildman–Crippen MR) is 102 cm³/mol. The summed E-state index contributed by atoms with van der Waals surface area (Å²) in [5.74, 6) is -0.819. The summed E-state index contributed by atoms with van der Waals surface area (Å²) in [6.07, 6.45) is 1.71. The van der Waals surface area contributed by atoms with Gasteiger partial charge in [0.15, 0.2) is 5.72 Å². The van der Waals surface area contributed by atoms with Crippen LogP contribution in [0.15, 0.2) is 47.1 Å². The summed E-state index contributed by atoms with van der Waals surface area (Å²) in [6.45, 7) is 3.05. The number of benzene rings is 1. The van der Waals surface area contributed by atoms with E-state index in [9.17, 15) is 9.90 Å². The predicted octanol–water partition coefficient (Wildman–Crippen LogP) is 2.56. The molecule has 2 aromatic heterocycles. The van der Waals surface area contributed by atoms with E-state index in [4.69, 9.17) is 4.74 Å². The zero-order chi connectivity index (χ0) is 19.5. The Kier molecular flexibility index (Phi) is 3.87. The fourth-order valence-electron chi connectivity index (χ4n) is 4.04. The summed E-state index contributed by atoms with van der Waals surface area (Å²) in [4.78, 5) is 22.5. The monoisotopic (exact) mass is 441 g/mol. The van der Waals surface area contributed by atoms with E-state index in [1.165, 1.54) is 0 Å². The lowest BCUT2D eigenvalue weighted by molar-refractivity contribution is -0.0790. The molecule has 1 saturated heterocycles. The molecule has 1 aromatic carbocycles. The molecule has 9 heteroatoms. The van der Waals surface area contributed by atoms with Crippen molar-refractivity contribution in [2.24, 2.45) is 0 Å². The molecular formula is C19H16BrN5O3. The Hall–Kier alpha value is -2.62. The van der Waals surface area contributed by atoms with E-state index in [1.54, 1.807) is 10.9 Å². The Morgan fingerprint density at radius 2 is 2.21 bits per heavy atom. The van der Waals surface area contributed by atoms with Crippen LogP contribution >= 0.6 is 15.9 Å². The number of rotatable bonds is 2. The molecular weight excluding hydrogens is 426 g/mol. The Morgan fingerprint density at radius 1 is 1.36 bits per heavy atom. The van der Waals surface area contributed by atoms with Crippen molar-refractivity contribution in [3.63, 3.8) is 0 Å². The van der Waals surface area contributed by atoms with E-state index < -0.39 is 11.7 Å². The van der Waals surface area contributed by atoms with Gasteiger partial charge < -0.3 is 9.84 Å². The van der Waals surface area contributed by atoms with Crippen molar-refractivity contribution in [1.29, 1.82) is 0 Å². The van der Waals surface area contributed by atoms with Crippen LogP contribution in [-0.2, 0) is 17.0 Å². The van der Waals surface area contributed by atoms with Gasteiger partial charge in [0.05, 0.1) is 24.0 Å². The lowest BCUT2D eigenvalue weighted by atomic mass is 9.95. The van der Waals surface area contributed by atoms with Gasteiger partial charge >= 0.3 is 5.97 Å². The molecule has 2 aliphatic heterocycles. The molecule has 142 valence electrons. The zero-order valence-corrected chi connectivity index (χ0v) is 16.5. The van der Waals surface area contributed by atoms with Crippen molar-refractivity contribution in [2.75, 3.05) is 6.54 Å². The van der Waals surface area contributed by atoms with Crippen molar-refractivity contribution < 1.29 is 14.6 Å². The number of hydrogen-bond acceptors (Lipinski definition) is 6. The number of halogens is 1. The fraction of sp³-hybridized carbons (Fsp3) is 0.263. The van der Waals surface area contributed by atoms with Crippen LogP contribution in [0.25, 0.3) is 5.69 Å². The molecule has 0 saturated carbocycles.